The van der Waals surface area contributed by atoms with Gasteiger partial charge in [0.2, 0.25) is 0 Å². The molecule has 0 bridgehead atoms. The molecule has 0 aliphatic rings. The Morgan fingerprint density at radius 3 is 2.58 bits per heavy atom. The quantitative estimate of drug-likeness (QED) is 0.636. The average Bonchev–Trinajstić information content (AvgIpc) is 2.16. The molecule has 0 unspecified atom stereocenters. The summed E-state index contributed by atoms with van der Waals surface area (Å²) in [6.45, 7) is 4.05. The monoisotopic (exact) mass is 164 g/mol. The van der Waals surface area contributed by atoms with Crippen LogP contribution in [-0.2, 0) is 16.1 Å². The van der Waals surface area contributed by atoms with Crippen molar-refractivity contribution in [1.82, 2.24) is 0 Å². The average molecular weight is 164 g/mol. The van der Waals surface area contributed by atoms with Gasteiger partial charge in [-0.1, -0.05) is 30.3 Å². The molecule has 0 fully saturated rings. The number of hydrogen-bond acceptors (Lipinski definition) is 2. The normalized spacial score (nSPS) is 9.08. The molecule has 2 nitrogen and oxygen atoms in total. The lowest BCUT2D eigenvalue weighted by molar-refractivity contribution is 0.0548. The highest BCUT2D eigenvalue weighted by atomic mass is 16.7. The fraction of sp³-hybridized carbons (Fsp3) is 0.200. The van der Waals surface area contributed by atoms with Crippen LogP contribution in [0.4, 0.5) is 0 Å². The van der Waals surface area contributed by atoms with Gasteiger partial charge in [-0.05, 0) is 12.1 Å². The maximum atomic E-state index is 5.16. The van der Waals surface area contributed by atoms with E-state index in [9.17, 15) is 0 Å². The third kappa shape index (κ3) is 2.66. The molecule has 0 aliphatic carbocycles. The Morgan fingerprint density at radius 2 is 2.00 bits per heavy atom. The molecule has 0 saturated heterocycles. The van der Waals surface area contributed by atoms with Gasteiger partial charge >= 0.3 is 0 Å². The van der Waals surface area contributed by atoms with E-state index in [1.54, 1.807) is 0 Å². The maximum absolute atomic E-state index is 5.16. The van der Waals surface area contributed by atoms with Crippen molar-refractivity contribution in [1.29, 1.82) is 0 Å². The molecule has 0 saturated carbocycles. The van der Waals surface area contributed by atoms with E-state index >= 15 is 0 Å². The summed E-state index contributed by atoms with van der Waals surface area (Å²) in [6.07, 6.45) is 0. The largest absolute Gasteiger partial charge is 0.469 e. The molecule has 0 aromatic heterocycles. The molecule has 2 heteroatoms. The first kappa shape index (κ1) is 8.65. The molecule has 0 amide bonds. The minimum absolute atomic E-state index is 0.346. The van der Waals surface area contributed by atoms with Crippen LogP contribution in [0, 0.1) is 0 Å². The van der Waals surface area contributed by atoms with Crippen LogP contribution in [0.15, 0.2) is 42.9 Å². The lowest BCUT2D eigenvalue weighted by atomic mass is 10.2. The number of benzene rings is 1. The lowest BCUT2D eigenvalue weighted by Gasteiger charge is -2.06. The van der Waals surface area contributed by atoms with Crippen molar-refractivity contribution in [3.8, 4) is 0 Å². The number of rotatable bonds is 4. The van der Waals surface area contributed by atoms with Crippen LogP contribution in [-0.4, -0.2) is 7.11 Å². The minimum atomic E-state index is 0.346. The van der Waals surface area contributed by atoms with Crippen molar-refractivity contribution in [2.75, 3.05) is 7.11 Å². The van der Waals surface area contributed by atoms with Gasteiger partial charge in [0, 0.05) is 0 Å². The molecule has 0 aliphatic heterocycles. The molecule has 0 spiro atoms. The molecule has 1 rings (SSSR count). The zero-order valence-corrected chi connectivity index (χ0v) is 7.12. The summed E-state index contributed by atoms with van der Waals surface area (Å²) >= 11 is 0. The second-order valence-electron chi connectivity index (χ2n) is 2.35. The molecule has 0 radical (unpaired) electrons. The van der Waals surface area contributed by atoms with Gasteiger partial charge in [-0.15, -0.1) is 0 Å². The Hall–Kier alpha value is -1.44. The van der Waals surface area contributed by atoms with Gasteiger partial charge < -0.3 is 9.47 Å². The van der Waals surface area contributed by atoms with Crippen molar-refractivity contribution in [3.63, 3.8) is 0 Å². The van der Waals surface area contributed by atoms with E-state index in [1.165, 1.54) is 7.11 Å². The Kier molecular flexibility index (Phi) is 3.20. The van der Waals surface area contributed by atoms with Gasteiger partial charge in [0.05, 0.1) is 7.11 Å². The summed E-state index contributed by atoms with van der Waals surface area (Å²) in [5, 5.41) is 0. The first-order valence-electron chi connectivity index (χ1n) is 3.72. The van der Waals surface area contributed by atoms with Gasteiger partial charge in [0.1, 0.15) is 6.61 Å². The number of methoxy groups -OCH3 is 1. The van der Waals surface area contributed by atoms with Crippen LogP contribution in [0.2, 0.25) is 0 Å². The summed E-state index contributed by atoms with van der Waals surface area (Å²) in [5.41, 5.74) is 1.11. The fourth-order valence-electron chi connectivity index (χ4n) is 0.797. The van der Waals surface area contributed by atoms with Gasteiger partial charge in [-0.3, -0.25) is 0 Å². The van der Waals surface area contributed by atoms with Crippen molar-refractivity contribution >= 4 is 0 Å². The third-order valence-corrected chi connectivity index (χ3v) is 1.47. The van der Waals surface area contributed by atoms with E-state index in [0.717, 1.165) is 5.56 Å². The van der Waals surface area contributed by atoms with Crippen molar-refractivity contribution in [3.05, 3.63) is 48.4 Å². The van der Waals surface area contributed by atoms with E-state index < -0.39 is 0 Å². The molecule has 1 aromatic carbocycles. The molecule has 12 heavy (non-hydrogen) atoms. The van der Waals surface area contributed by atoms with Crippen molar-refractivity contribution in [2.24, 2.45) is 0 Å². The Balaban J connectivity index is 2.38. The summed E-state index contributed by atoms with van der Waals surface area (Å²) in [4.78, 5) is 0. The molecule has 1 aromatic rings. The predicted octanol–water partition coefficient (Wildman–Crippen LogP) is 2.32. The van der Waals surface area contributed by atoms with Crippen LogP contribution in [0.1, 0.15) is 5.56 Å². The van der Waals surface area contributed by atoms with Crippen LogP contribution in [0.25, 0.3) is 0 Å². The summed E-state index contributed by atoms with van der Waals surface area (Å²) in [5.74, 6) is 0.346. The van der Waals surface area contributed by atoms with Gasteiger partial charge in [-0.25, -0.2) is 0 Å². The van der Waals surface area contributed by atoms with Crippen LogP contribution in [0.3, 0.4) is 0 Å². The van der Waals surface area contributed by atoms with E-state index in [0.29, 0.717) is 12.6 Å². The fourth-order valence-corrected chi connectivity index (χ4v) is 0.797. The topological polar surface area (TPSA) is 18.5 Å². The second-order valence-corrected chi connectivity index (χ2v) is 2.35. The lowest BCUT2D eigenvalue weighted by Crippen LogP contribution is -1.93. The van der Waals surface area contributed by atoms with Crippen molar-refractivity contribution in [2.45, 2.75) is 6.61 Å². The molecule has 64 valence electrons. The van der Waals surface area contributed by atoms with Crippen LogP contribution in [0.5, 0.6) is 0 Å². The van der Waals surface area contributed by atoms with Gasteiger partial charge in [-0.2, -0.15) is 0 Å². The Labute approximate surface area is 72.4 Å². The molecule has 0 N–H and O–H groups in total. The maximum Gasteiger partial charge on any atom is 0.271 e. The Morgan fingerprint density at radius 1 is 1.33 bits per heavy atom. The minimum Gasteiger partial charge on any atom is -0.469 e. The highest BCUT2D eigenvalue weighted by Gasteiger charge is 1.93. The van der Waals surface area contributed by atoms with Crippen molar-refractivity contribution < 1.29 is 9.47 Å². The number of ether oxygens (including phenoxy) is 2. The van der Waals surface area contributed by atoms with E-state index in [2.05, 4.69) is 6.58 Å². The molecular weight excluding hydrogens is 152 g/mol. The standard InChI is InChI=1S/C10H12O2/c1-9(11-2)12-8-10-6-4-3-5-7-10/h3-7H,1,8H2,2H3. The van der Waals surface area contributed by atoms with Gasteiger partial charge in [0.15, 0.2) is 0 Å². The highest BCUT2D eigenvalue weighted by Crippen LogP contribution is 2.03. The SMILES string of the molecule is C=C(OC)OCc1ccccc1. The van der Waals surface area contributed by atoms with Crippen LogP contribution >= 0.6 is 0 Å². The second kappa shape index (κ2) is 4.44. The predicted molar refractivity (Wildman–Crippen MR) is 47.4 cm³/mol. The first-order chi connectivity index (χ1) is 5.83. The third-order valence-electron chi connectivity index (χ3n) is 1.47. The molecule has 0 atom stereocenters. The molecular formula is C10H12O2. The molecule has 0 heterocycles. The zero-order valence-electron chi connectivity index (χ0n) is 7.12. The summed E-state index contributed by atoms with van der Waals surface area (Å²) in [7, 11) is 1.54. The zero-order chi connectivity index (χ0) is 8.81. The van der Waals surface area contributed by atoms with Gasteiger partial charge in [0.25, 0.3) is 5.95 Å². The highest BCUT2D eigenvalue weighted by molar-refractivity contribution is 5.13. The Bertz CT molecular complexity index is 241. The number of hydrogen-bond donors (Lipinski definition) is 0. The first-order valence-corrected chi connectivity index (χ1v) is 3.72. The van der Waals surface area contributed by atoms with E-state index in [1.807, 2.05) is 30.3 Å². The smallest absolute Gasteiger partial charge is 0.271 e. The summed E-state index contributed by atoms with van der Waals surface area (Å²) in [6, 6.07) is 9.88. The van der Waals surface area contributed by atoms with Crippen LogP contribution < -0.4 is 0 Å². The van der Waals surface area contributed by atoms with E-state index in [-0.39, 0.29) is 0 Å². The van der Waals surface area contributed by atoms with E-state index in [4.69, 9.17) is 9.47 Å². The summed E-state index contributed by atoms with van der Waals surface area (Å²) < 4.78 is 9.92.